The van der Waals surface area contributed by atoms with Crippen molar-refractivity contribution in [3.8, 4) is 0 Å². The number of unbranched alkanes of at least 4 members (excludes halogenated alkanes) is 1. The molecule has 0 aliphatic carbocycles. The number of hydrogen-bond donors (Lipinski definition) is 1. The molecule has 0 bridgehead atoms. The number of ether oxygens (including phenoxy) is 1. The van der Waals surface area contributed by atoms with E-state index in [2.05, 4.69) is 24.2 Å². The molecule has 1 N–H and O–H groups in total. The summed E-state index contributed by atoms with van der Waals surface area (Å²) in [5.74, 6) is -0.164. The van der Waals surface area contributed by atoms with Gasteiger partial charge in [-0.1, -0.05) is 27.2 Å². The summed E-state index contributed by atoms with van der Waals surface area (Å²) < 4.78 is 4.81. The van der Waals surface area contributed by atoms with Gasteiger partial charge in [-0.2, -0.15) is 0 Å². The lowest BCUT2D eigenvalue weighted by atomic mass is 10.1. The van der Waals surface area contributed by atoms with Gasteiger partial charge in [-0.05, 0) is 33.0 Å². The summed E-state index contributed by atoms with van der Waals surface area (Å²) in [6, 6.07) is 0.101. The molecule has 4 nitrogen and oxygen atoms in total. The molecule has 0 aliphatic rings. The largest absolute Gasteiger partial charge is 0.468 e. The van der Waals surface area contributed by atoms with Crippen molar-refractivity contribution in [1.82, 2.24) is 10.2 Å². The highest BCUT2D eigenvalue weighted by atomic mass is 16.5. The summed E-state index contributed by atoms with van der Waals surface area (Å²) in [6.45, 7) is 8.27. The zero-order valence-electron chi connectivity index (χ0n) is 12.0. The summed E-state index contributed by atoms with van der Waals surface area (Å²) in [5, 5.41) is 3.24. The second kappa shape index (κ2) is 9.42. The summed E-state index contributed by atoms with van der Waals surface area (Å²) >= 11 is 0. The first-order valence-corrected chi connectivity index (χ1v) is 6.53. The smallest absolute Gasteiger partial charge is 0.322 e. The molecule has 17 heavy (non-hydrogen) atoms. The molecular formula is C13H28N2O2. The average molecular weight is 244 g/mol. The van der Waals surface area contributed by atoms with Crippen molar-refractivity contribution >= 4 is 5.97 Å². The first-order chi connectivity index (χ1) is 8.01. The molecule has 0 heterocycles. The Morgan fingerprint density at radius 2 is 2.00 bits per heavy atom. The molecule has 4 heteroatoms. The van der Waals surface area contributed by atoms with Crippen LogP contribution in [0.3, 0.4) is 0 Å². The molecule has 0 fully saturated rings. The molecule has 0 saturated heterocycles. The number of carbonyl (C=O) groups is 1. The lowest BCUT2D eigenvalue weighted by molar-refractivity contribution is -0.143. The van der Waals surface area contributed by atoms with Crippen LogP contribution in [0.5, 0.6) is 0 Å². The fraction of sp³-hybridized carbons (Fsp3) is 0.923. The van der Waals surface area contributed by atoms with Crippen molar-refractivity contribution in [2.24, 2.45) is 0 Å². The first kappa shape index (κ1) is 16.4. The molecule has 0 spiro atoms. The highest BCUT2D eigenvalue weighted by molar-refractivity contribution is 5.75. The minimum Gasteiger partial charge on any atom is -0.468 e. The Labute approximate surface area is 106 Å². The van der Waals surface area contributed by atoms with E-state index in [0.717, 1.165) is 19.5 Å². The Kier molecular flexibility index (Phi) is 9.09. The van der Waals surface area contributed by atoms with Gasteiger partial charge in [-0.15, -0.1) is 0 Å². The van der Waals surface area contributed by atoms with Crippen LogP contribution in [0.15, 0.2) is 0 Å². The third kappa shape index (κ3) is 8.16. The number of nitrogens with one attached hydrogen (secondary N) is 1. The van der Waals surface area contributed by atoms with Crippen LogP contribution in [0.1, 0.15) is 40.0 Å². The number of carbonyl (C=O) groups excluding carboxylic acids is 1. The van der Waals surface area contributed by atoms with E-state index in [4.69, 9.17) is 4.74 Å². The molecular weight excluding hydrogens is 216 g/mol. The maximum absolute atomic E-state index is 11.6. The van der Waals surface area contributed by atoms with Gasteiger partial charge in [0.1, 0.15) is 6.04 Å². The van der Waals surface area contributed by atoms with E-state index >= 15 is 0 Å². The molecule has 0 radical (unpaired) electrons. The molecule has 0 rings (SSSR count). The van der Waals surface area contributed by atoms with Crippen LogP contribution in [0, 0.1) is 0 Å². The molecule has 0 aromatic carbocycles. The molecule has 1 unspecified atom stereocenters. The summed E-state index contributed by atoms with van der Waals surface area (Å²) in [6.07, 6.45) is 3.21. The number of rotatable bonds is 9. The molecule has 0 amide bonds. The fourth-order valence-electron chi connectivity index (χ4n) is 1.70. The van der Waals surface area contributed by atoms with Crippen molar-refractivity contribution in [2.75, 3.05) is 27.2 Å². The van der Waals surface area contributed by atoms with Crippen LogP contribution in [0.25, 0.3) is 0 Å². The maximum Gasteiger partial charge on any atom is 0.322 e. The lowest BCUT2D eigenvalue weighted by Crippen LogP contribution is -2.43. The van der Waals surface area contributed by atoms with Crippen LogP contribution in [-0.4, -0.2) is 50.2 Å². The Balaban J connectivity index is 4.02. The van der Waals surface area contributed by atoms with Crippen molar-refractivity contribution in [3.63, 3.8) is 0 Å². The van der Waals surface area contributed by atoms with Gasteiger partial charge in [0, 0.05) is 6.04 Å². The second-order valence-electron chi connectivity index (χ2n) is 4.84. The van der Waals surface area contributed by atoms with Crippen LogP contribution >= 0.6 is 0 Å². The second-order valence-corrected chi connectivity index (χ2v) is 4.84. The van der Waals surface area contributed by atoms with Gasteiger partial charge < -0.3 is 15.0 Å². The predicted octanol–water partition coefficient (Wildman–Crippen LogP) is 1.65. The maximum atomic E-state index is 11.6. The van der Waals surface area contributed by atoms with E-state index in [9.17, 15) is 4.79 Å². The van der Waals surface area contributed by atoms with Gasteiger partial charge in [-0.25, -0.2) is 0 Å². The number of nitrogens with zero attached hydrogens (tertiary/aromatic N) is 1. The SMILES string of the molecule is CCCCN(C)CCC(NC(C)C)C(=O)OC. The minimum absolute atomic E-state index is 0.164. The third-order valence-electron chi connectivity index (χ3n) is 2.71. The number of esters is 1. The van der Waals surface area contributed by atoms with Crippen molar-refractivity contribution < 1.29 is 9.53 Å². The van der Waals surface area contributed by atoms with E-state index in [1.54, 1.807) is 0 Å². The number of methoxy groups -OCH3 is 1. The van der Waals surface area contributed by atoms with Gasteiger partial charge in [0.05, 0.1) is 7.11 Å². The molecule has 0 aliphatic heterocycles. The van der Waals surface area contributed by atoms with E-state index in [0.29, 0.717) is 6.04 Å². The van der Waals surface area contributed by atoms with E-state index in [1.807, 2.05) is 13.8 Å². The van der Waals surface area contributed by atoms with E-state index < -0.39 is 0 Å². The zero-order chi connectivity index (χ0) is 13.3. The zero-order valence-corrected chi connectivity index (χ0v) is 12.0. The van der Waals surface area contributed by atoms with Gasteiger partial charge in [0.2, 0.25) is 0 Å². The monoisotopic (exact) mass is 244 g/mol. The first-order valence-electron chi connectivity index (χ1n) is 6.53. The lowest BCUT2D eigenvalue weighted by Gasteiger charge is -2.22. The van der Waals surface area contributed by atoms with Crippen LogP contribution in [-0.2, 0) is 9.53 Å². The Morgan fingerprint density at radius 1 is 1.35 bits per heavy atom. The molecule has 102 valence electrons. The summed E-state index contributed by atoms with van der Waals surface area (Å²) in [7, 11) is 3.54. The Hall–Kier alpha value is -0.610. The molecule has 0 aromatic heterocycles. The standard InChI is InChI=1S/C13H28N2O2/c1-6-7-9-15(4)10-8-12(13(16)17-5)14-11(2)3/h11-12,14H,6-10H2,1-5H3. The van der Waals surface area contributed by atoms with Crippen molar-refractivity contribution in [3.05, 3.63) is 0 Å². The van der Waals surface area contributed by atoms with Gasteiger partial charge in [-0.3, -0.25) is 4.79 Å². The fourth-order valence-corrected chi connectivity index (χ4v) is 1.70. The predicted molar refractivity (Wildman–Crippen MR) is 71.1 cm³/mol. The van der Waals surface area contributed by atoms with E-state index in [1.165, 1.54) is 20.0 Å². The van der Waals surface area contributed by atoms with Crippen molar-refractivity contribution in [2.45, 2.75) is 52.1 Å². The molecule has 0 saturated carbocycles. The van der Waals surface area contributed by atoms with Gasteiger partial charge in [0.25, 0.3) is 0 Å². The normalized spacial score (nSPS) is 13.1. The number of hydrogen-bond acceptors (Lipinski definition) is 4. The topological polar surface area (TPSA) is 41.6 Å². The Morgan fingerprint density at radius 3 is 2.47 bits per heavy atom. The van der Waals surface area contributed by atoms with Crippen LogP contribution in [0.4, 0.5) is 0 Å². The average Bonchev–Trinajstić information content (AvgIpc) is 2.30. The summed E-state index contributed by atoms with van der Waals surface area (Å²) in [4.78, 5) is 13.8. The molecule has 1 atom stereocenters. The van der Waals surface area contributed by atoms with Gasteiger partial charge in [0.15, 0.2) is 0 Å². The van der Waals surface area contributed by atoms with Gasteiger partial charge >= 0.3 is 5.97 Å². The van der Waals surface area contributed by atoms with Crippen LogP contribution < -0.4 is 5.32 Å². The highest BCUT2D eigenvalue weighted by Gasteiger charge is 2.19. The minimum atomic E-state index is -0.191. The molecule has 0 aromatic rings. The van der Waals surface area contributed by atoms with E-state index in [-0.39, 0.29) is 12.0 Å². The highest BCUT2D eigenvalue weighted by Crippen LogP contribution is 2.01. The Bertz CT molecular complexity index is 208. The summed E-state index contributed by atoms with van der Waals surface area (Å²) in [5.41, 5.74) is 0. The quantitative estimate of drug-likeness (QED) is 0.626. The van der Waals surface area contributed by atoms with Crippen molar-refractivity contribution in [1.29, 1.82) is 0 Å². The van der Waals surface area contributed by atoms with Crippen LogP contribution in [0.2, 0.25) is 0 Å². The third-order valence-corrected chi connectivity index (χ3v) is 2.71.